The average molecular weight is 393 g/mol. The highest BCUT2D eigenvalue weighted by Crippen LogP contribution is 2.27. The molecule has 8 heteroatoms. The number of aliphatic hydroxyl groups excluding tert-OH is 1. The van der Waals surface area contributed by atoms with Crippen LogP contribution in [0.2, 0.25) is 0 Å². The van der Waals surface area contributed by atoms with Gasteiger partial charge in [-0.3, -0.25) is 4.98 Å². The Kier molecular flexibility index (Phi) is 5.09. The van der Waals surface area contributed by atoms with Crippen molar-refractivity contribution in [2.75, 3.05) is 11.9 Å². The number of nitrogens with zero attached hydrogens (tertiary/aromatic N) is 4. The van der Waals surface area contributed by atoms with E-state index < -0.39 is 5.82 Å². The molecule has 3 aromatic heterocycles. The summed E-state index contributed by atoms with van der Waals surface area (Å²) in [7, 11) is 0. The first-order valence-corrected chi connectivity index (χ1v) is 9.21. The largest absolute Gasteiger partial charge is 0.508 e. The molecular weight excluding hydrogens is 373 g/mol. The van der Waals surface area contributed by atoms with Crippen LogP contribution in [-0.2, 0) is 6.42 Å². The number of phenols is 1. The fourth-order valence-electron chi connectivity index (χ4n) is 3.20. The third-order valence-corrected chi connectivity index (χ3v) is 4.67. The van der Waals surface area contributed by atoms with Gasteiger partial charge in [0.2, 0.25) is 0 Å². The van der Waals surface area contributed by atoms with Crippen LogP contribution < -0.4 is 5.32 Å². The fraction of sp³-hybridized carbons (Fsp3) is 0.190. The predicted octanol–water partition coefficient (Wildman–Crippen LogP) is 3.34. The van der Waals surface area contributed by atoms with Crippen molar-refractivity contribution in [2.24, 2.45) is 0 Å². The van der Waals surface area contributed by atoms with Gasteiger partial charge in [-0.15, -0.1) is 5.10 Å². The number of hydrogen-bond donors (Lipinski definition) is 3. The SMILES string of the molecule is C[C@@H](Nc1ccc2ncc(-c3cc(CCO)ccn3)n2n1)c1cc(F)ccc1O. The number of benzene rings is 1. The standard InChI is InChI=1S/C21H20FN5O2/c1-13(16-11-15(22)2-3-19(16)29)25-20-4-5-21-24-12-18(27(21)26-20)17-10-14(7-9-28)6-8-23-17/h2-6,8,10-13,28-29H,7,9H2,1H3,(H,25,26)/t13-/m1/s1. The molecule has 3 heterocycles. The second-order valence-corrected chi connectivity index (χ2v) is 6.72. The summed E-state index contributed by atoms with van der Waals surface area (Å²) in [6.45, 7) is 1.88. The van der Waals surface area contributed by atoms with Crippen LogP contribution in [0, 0.1) is 5.82 Å². The Labute approximate surface area is 166 Å². The topological polar surface area (TPSA) is 95.6 Å². The minimum Gasteiger partial charge on any atom is -0.508 e. The number of nitrogens with one attached hydrogen (secondary N) is 1. The Hall–Kier alpha value is -3.52. The number of pyridine rings is 1. The van der Waals surface area contributed by atoms with Gasteiger partial charge in [0.25, 0.3) is 0 Å². The predicted molar refractivity (Wildman–Crippen MR) is 107 cm³/mol. The first-order valence-electron chi connectivity index (χ1n) is 9.21. The van der Waals surface area contributed by atoms with E-state index in [1.807, 2.05) is 25.1 Å². The fourth-order valence-corrected chi connectivity index (χ4v) is 3.20. The molecule has 3 N–H and O–H groups in total. The van der Waals surface area contributed by atoms with E-state index in [9.17, 15) is 9.50 Å². The molecular formula is C21H20FN5O2. The second-order valence-electron chi connectivity index (χ2n) is 6.72. The normalized spacial score (nSPS) is 12.2. The van der Waals surface area contributed by atoms with Crippen LogP contribution in [0.4, 0.5) is 10.2 Å². The number of phenolic OH excluding ortho intramolecular Hbond substituents is 1. The third-order valence-electron chi connectivity index (χ3n) is 4.67. The van der Waals surface area contributed by atoms with Gasteiger partial charge in [0.15, 0.2) is 5.65 Å². The van der Waals surface area contributed by atoms with Crippen LogP contribution in [-0.4, -0.2) is 36.4 Å². The summed E-state index contributed by atoms with van der Waals surface area (Å²) in [6.07, 6.45) is 3.93. The van der Waals surface area contributed by atoms with Crippen molar-refractivity contribution in [1.82, 2.24) is 19.6 Å². The van der Waals surface area contributed by atoms with Gasteiger partial charge in [-0.1, -0.05) is 0 Å². The molecule has 0 saturated heterocycles. The van der Waals surface area contributed by atoms with Gasteiger partial charge in [0.1, 0.15) is 23.1 Å². The zero-order valence-electron chi connectivity index (χ0n) is 15.7. The van der Waals surface area contributed by atoms with Crippen LogP contribution in [0.15, 0.2) is 54.9 Å². The highest BCUT2D eigenvalue weighted by atomic mass is 19.1. The molecule has 148 valence electrons. The molecule has 0 radical (unpaired) electrons. The summed E-state index contributed by atoms with van der Waals surface area (Å²) in [5.74, 6) is 0.140. The second kappa shape index (κ2) is 7.84. The quantitative estimate of drug-likeness (QED) is 0.465. The summed E-state index contributed by atoms with van der Waals surface area (Å²) in [4.78, 5) is 8.76. The van der Waals surface area contributed by atoms with Crippen LogP contribution in [0.1, 0.15) is 24.1 Å². The first-order chi connectivity index (χ1) is 14.0. The van der Waals surface area contributed by atoms with Crippen LogP contribution >= 0.6 is 0 Å². The lowest BCUT2D eigenvalue weighted by Crippen LogP contribution is -2.10. The number of imidazole rings is 1. The zero-order chi connectivity index (χ0) is 20.4. The maximum Gasteiger partial charge on any atom is 0.154 e. The highest BCUT2D eigenvalue weighted by molar-refractivity contribution is 5.61. The lowest BCUT2D eigenvalue weighted by atomic mass is 10.1. The average Bonchev–Trinajstić information content (AvgIpc) is 3.13. The van der Waals surface area contributed by atoms with Gasteiger partial charge in [0, 0.05) is 18.4 Å². The maximum absolute atomic E-state index is 13.6. The van der Waals surface area contributed by atoms with E-state index in [0.717, 1.165) is 5.56 Å². The molecule has 29 heavy (non-hydrogen) atoms. The van der Waals surface area contributed by atoms with E-state index in [1.165, 1.54) is 18.2 Å². The van der Waals surface area contributed by atoms with Crippen molar-refractivity contribution < 1.29 is 14.6 Å². The van der Waals surface area contributed by atoms with E-state index in [2.05, 4.69) is 20.4 Å². The summed E-state index contributed by atoms with van der Waals surface area (Å²) in [5.41, 5.74) is 3.47. The van der Waals surface area contributed by atoms with Gasteiger partial charge in [-0.05, 0) is 61.4 Å². The Morgan fingerprint density at radius 1 is 1.14 bits per heavy atom. The Morgan fingerprint density at radius 2 is 2.00 bits per heavy atom. The molecule has 4 aromatic rings. The van der Waals surface area contributed by atoms with Crippen molar-refractivity contribution in [1.29, 1.82) is 0 Å². The van der Waals surface area contributed by atoms with Crippen LogP contribution in [0.5, 0.6) is 5.75 Å². The van der Waals surface area contributed by atoms with Crippen LogP contribution in [0.25, 0.3) is 17.0 Å². The highest BCUT2D eigenvalue weighted by Gasteiger charge is 2.14. The molecule has 0 spiro atoms. The molecule has 0 unspecified atom stereocenters. The molecule has 4 rings (SSSR count). The number of hydrogen-bond acceptors (Lipinski definition) is 6. The number of aromatic hydroxyl groups is 1. The molecule has 0 bridgehead atoms. The minimum absolute atomic E-state index is 0.0145. The molecule has 0 aliphatic carbocycles. The number of fused-ring (bicyclic) bond motifs is 1. The smallest absolute Gasteiger partial charge is 0.154 e. The van der Waals surface area contributed by atoms with Crippen molar-refractivity contribution >= 4 is 11.5 Å². The number of rotatable bonds is 6. The lowest BCUT2D eigenvalue weighted by Gasteiger charge is -2.16. The van der Waals surface area contributed by atoms with E-state index in [4.69, 9.17) is 5.11 Å². The molecule has 0 fully saturated rings. The number of halogens is 1. The van der Waals surface area contributed by atoms with E-state index >= 15 is 0 Å². The molecule has 1 atom stereocenters. The van der Waals surface area contributed by atoms with Crippen molar-refractivity contribution in [3.05, 3.63) is 71.8 Å². The number of aliphatic hydroxyl groups is 1. The van der Waals surface area contributed by atoms with Crippen molar-refractivity contribution in [2.45, 2.75) is 19.4 Å². The van der Waals surface area contributed by atoms with E-state index in [0.29, 0.717) is 34.8 Å². The van der Waals surface area contributed by atoms with Gasteiger partial charge >= 0.3 is 0 Å². The summed E-state index contributed by atoms with van der Waals surface area (Å²) in [5, 5.41) is 26.9. The van der Waals surface area contributed by atoms with Gasteiger partial charge < -0.3 is 15.5 Å². The molecule has 7 nitrogen and oxygen atoms in total. The van der Waals surface area contributed by atoms with Gasteiger partial charge in [-0.2, -0.15) is 0 Å². The summed E-state index contributed by atoms with van der Waals surface area (Å²) in [6, 6.07) is 10.8. The minimum atomic E-state index is -0.416. The number of anilines is 1. The Balaban J connectivity index is 1.67. The Bertz CT molecular complexity index is 1160. The molecule has 0 saturated carbocycles. The molecule has 0 aliphatic heterocycles. The first kappa shape index (κ1) is 18.8. The van der Waals surface area contributed by atoms with Gasteiger partial charge in [-0.25, -0.2) is 13.9 Å². The summed E-state index contributed by atoms with van der Waals surface area (Å²) < 4.78 is 15.2. The third kappa shape index (κ3) is 3.88. The van der Waals surface area contributed by atoms with E-state index in [-0.39, 0.29) is 18.4 Å². The van der Waals surface area contributed by atoms with Crippen LogP contribution in [0.3, 0.4) is 0 Å². The van der Waals surface area contributed by atoms with Gasteiger partial charge in [0.05, 0.1) is 17.9 Å². The molecule has 1 aromatic carbocycles. The molecule has 0 amide bonds. The number of aromatic nitrogens is 4. The molecule has 0 aliphatic rings. The maximum atomic E-state index is 13.6. The Morgan fingerprint density at radius 3 is 2.83 bits per heavy atom. The monoisotopic (exact) mass is 393 g/mol. The summed E-state index contributed by atoms with van der Waals surface area (Å²) >= 11 is 0. The van der Waals surface area contributed by atoms with E-state index in [1.54, 1.807) is 23.0 Å². The van der Waals surface area contributed by atoms with Crippen molar-refractivity contribution in [3.63, 3.8) is 0 Å². The van der Waals surface area contributed by atoms with Crippen molar-refractivity contribution in [3.8, 4) is 17.1 Å². The lowest BCUT2D eigenvalue weighted by molar-refractivity contribution is 0.299. The zero-order valence-corrected chi connectivity index (χ0v) is 15.7.